The second kappa shape index (κ2) is 4.62. The van der Waals surface area contributed by atoms with Crippen LogP contribution >= 0.6 is 0 Å². The van der Waals surface area contributed by atoms with Crippen molar-refractivity contribution in [3.05, 3.63) is 60.1 Å². The maximum absolute atomic E-state index is 6.52. The first-order valence-electron chi connectivity index (χ1n) is 6.67. The highest BCUT2D eigenvalue weighted by molar-refractivity contribution is 5.31. The Morgan fingerprint density at radius 3 is 2.33 bits per heavy atom. The van der Waals surface area contributed by atoms with Crippen molar-refractivity contribution in [1.82, 2.24) is 0 Å². The molecule has 3 rings (SSSR count). The minimum Gasteiger partial charge on any atom is -0.468 e. The third kappa shape index (κ3) is 1.77. The van der Waals surface area contributed by atoms with E-state index in [1.54, 1.807) is 6.26 Å². The molecule has 2 heteroatoms. The van der Waals surface area contributed by atoms with E-state index in [1.807, 2.05) is 12.1 Å². The van der Waals surface area contributed by atoms with Crippen LogP contribution in [0.3, 0.4) is 0 Å². The van der Waals surface area contributed by atoms with Gasteiger partial charge >= 0.3 is 0 Å². The van der Waals surface area contributed by atoms with Gasteiger partial charge < -0.3 is 10.2 Å². The van der Waals surface area contributed by atoms with Crippen LogP contribution in [0.25, 0.3) is 0 Å². The summed E-state index contributed by atoms with van der Waals surface area (Å²) in [5, 5.41) is 0. The molecular formula is C16H19NO. The molecule has 0 radical (unpaired) electrons. The first-order chi connectivity index (χ1) is 8.83. The summed E-state index contributed by atoms with van der Waals surface area (Å²) < 4.78 is 5.53. The minimum atomic E-state index is -0.0441. The summed E-state index contributed by atoms with van der Waals surface area (Å²) in [4.78, 5) is 0. The predicted octanol–water partition coefficient (Wildman–Crippen LogP) is 3.79. The normalized spacial score (nSPS) is 19.8. The van der Waals surface area contributed by atoms with Crippen molar-refractivity contribution in [3.8, 4) is 0 Å². The van der Waals surface area contributed by atoms with Crippen LogP contribution in [-0.2, 0) is 5.41 Å². The van der Waals surface area contributed by atoms with Crippen LogP contribution in [0.15, 0.2) is 53.1 Å². The minimum absolute atomic E-state index is 0.0441. The highest BCUT2D eigenvalue weighted by Gasteiger charge is 2.42. The van der Waals surface area contributed by atoms with Crippen LogP contribution in [0.4, 0.5) is 0 Å². The maximum atomic E-state index is 6.52. The van der Waals surface area contributed by atoms with Gasteiger partial charge in [-0.05, 0) is 30.5 Å². The van der Waals surface area contributed by atoms with E-state index in [0.29, 0.717) is 0 Å². The summed E-state index contributed by atoms with van der Waals surface area (Å²) in [6.45, 7) is 0. The van der Waals surface area contributed by atoms with E-state index < -0.39 is 0 Å². The Hall–Kier alpha value is -1.54. The molecule has 2 nitrogen and oxygen atoms in total. The van der Waals surface area contributed by atoms with Gasteiger partial charge in [-0.2, -0.15) is 0 Å². The molecule has 1 fully saturated rings. The van der Waals surface area contributed by atoms with E-state index in [1.165, 1.54) is 18.4 Å². The quantitative estimate of drug-likeness (QED) is 0.888. The average molecular weight is 241 g/mol. The average Bonchev–Trinajstić information content (AvgIpc) is 3.11. The van der Waals surface area contributed by atoms with Gasteiger partial charge in [0, 0.05) is 5.41 Å². The molecule has 1 aliphatic carbocycles. The molecule has 1 heterocycles. The van der Waals surface area contributed by atoms with Crippen molar-refractivity contribution in [2.45, 2.75) is 37.1 Å². The summed E-state index contributed by atoms with van der Waals surface area (Å²) >= 11 is 0. The zero-order valence-electron chi connectivity index (χ0n) is 10.5. The Kier molecular flexibility index (Phi) is 2.96. The molecule has 2 N–H and O–H groups in total. The highest BCUT2D eigenvalue weighted by atomic mass is 16.3. The number of benzene rings is 1. The summed E-state index contributed by atoms with van der Waals surface area (Å²) in [6.07, 6.45) is 6.52. The molecule has 0 spiro atoms. The fourth-order valence-corrected chi connectivity index (χ4v) is 3.30. The van der Waals surface area contributed by atoms with Gasteiger partial charge in [-0.25, -0.2) is 0 Å². The van der Waals surface area contributed by atoms with Crippen LogP contribution < -0.4 is 5.73 Å². The van der Waals surface area contributed by atoms with Crippen LogP contribution in [0.1, 0.15) is 43.0 Å². The molecule has 0 bridgehead atoms. The van der Waals surface area contributed by atoms with E-state index in [9.17, 15) is 0 Å². The summed E-state index contributed by atoms with van der Waals surface area (Å²) in [7, 11) is 0. The van der Waals surface area contributed by atoms with Gasteiger partial charge in [0.1, 0.15) is 5.76 Å². The smallest absolute Gasteiger partial charge is 0.121 e. The fourth-order valence-electron chi connectivity index (χ4n) is 3.30. The molecule has 0 aliphatic heterocycles. The fraction of sp³-hybridized carbons (Fsp3) is 0.375. The highest BCUT2D eigenvalue weighted by Crippen LogP contribution is 2.48. The third-order valence-electron chi connectivity index (χ3n) is 4.29. The molecular weight excluding hydrogens is 222 g/mol. The number of furan rings is 1. The Morgan fingerprint density at radius 1 is 1.00 bits per heavy atom. The van der Waals surface area contributed by atoms with Crippen molar-refractivity contribution < 1.29 is 4.42 Å². The van der Waals surface area contributed by atoms with E-state index in [0.717, 1.165) is 18.6 Å². The number of hydrogen-bond donors (Lipinski definition) is 1. The van der Waals surface area contributed by atoms with Gasteiger partial charge in [-0.3, -0.25) is 0 Å². The predicted molar refractivity (Wildman–Crippen MR) is 72.2 cm³/mol. The van der Waals surface area contributed by atoms with Crippen LogP contribution in [0.2, 0.25) is 0 Å². The summed E-state index contributed by atoms with van der Waals surface area (Å²) in [6, 6.07) is 14.5. The lowest BCUT2D eigenvalue weighted by Gasteiger charge is -2.34. The van der Waals surface area contributed by atoms with Gasteiger partial charge in [-0.15, -0.1) is 0 Å². The lowest BCUT2D eigenvalue weighted by molar-refractivity contribution is 0.310. The molecule has 94 valence electrons. The zero-order valence-corrected chi connectivity index (χ0v) is 10.5. The first kappa shape index (κ1) is 11.5. The Balaban J connectivity index is 2.02. The van der Waals surface area contributed by atoms with Gasteiger partial charge in [-0.1, -0.05) is 43.2 Å². The van der Waals surface area contributed by atoms with Crippen LogP contribution in [0, 0.1) is 0 Å². The molecule has 2 aromatic rings. The molecule has 1 aromatic carbocycles. The third-order valence-corrected chi connectivity index (χ3v) is 4.29. The second-order valence-corrected chi connectivity index (χ2v) is 5.22. The summed E-state index contributed by atoms with van der Waals surface area (Å²) in [5.74, 6) is 0.903. The van der Waals surface area contributed by atoms with E-state index in [4.69, 9.17) is 10.2 Å². The van der Waals surface area contributed by atoms with Gasteiger partial charge in [0.15, 0.2) is 0 Å². The van der Waals surface area contributed by atoms with Crippen LogP contribution in [0.5, 0.6) is 0 Å². The molecule has 1 atom stereocenters. The van der Waals surface area contributed by atoms with E-state index in [2.05, 4.69) is 30.3 Å². The van der Waals surface area contributed by atoms with Crippen LogP contribution in [-0.4, -0.2) is 0 Å². The van der Waals surface area contributed by atoms with Gasteiger partial charge in [0.05, 0.1) is 12.3 Å². The molecule has 1 saturated carbocycles. The topological polar surface area (TPSA) is 39.2 Å². The summed E-state index contributed by atoms with van der Waals surface area (Å²) in [5.41, 5.74) is 7.93. The maximum Gasteiger partial charge on any atom is 0.121 e. The van der Waals surface area contributed by atoms with E-state index >= 15 is 0 Å². The molecule has 1 aliphatic rings. The first-order valence-corrected chi connectivity index (χ1v) is 6.67. The van der Waals surface area contributed by atoms with Crippen molar-refractivity contribution in [2.75, 3.05) is 0 Å². The van der Waals surface area contributed by atoms with Crippen molar-refractivity contribution in [2.24, 2.45) is 5.73 Å². The van der Waals surface area contributed by atoms with Gasteiger partial charge in [0.25, 0.3) is 0 Å². The van der Waals surface area contributed by atoms with Crippen molar-refractivity contribution >= 4 is 0 Å². The molecule has 1 aromatic heterocycles. The molecule has 0 amide bonds. The number of nitrogens with two attached hydrogens (primary N) is 1. The standard InChI is InChI=1S/C16H19NO/c17-15(14-9-6-12-18-14)16(10-4-5-11-16)13-7-2-1-3-8-13/h1-3,6-9,12,15H,4-5,10-11,17H2. The largest absolute Gasteiger partial charge is 0.468 e. The monoisotopic (exact) mass is 241 g/mol. The molecule has 18 heavy (non-hydrogen) atoms. The van der Waals surface area contributed by atoms with Crippen molar-refractivity contribution in [1.29, 1.82) is 0 Å². The number of hydrogen-bond acceptors (Lipinski definition) is 2. The Bertz CT molecular complexity index is 483. The molecule has 0 saturated heterocycles. The van der Waals surface area contributed by atoms with E-state index in [-0.39, 0.29) is 11.5 Å². The zero-order chi connectivity index (χ0) is 12.4. The van der Waals surface area contributed by atoms with Gasteiger partial charge in [0.2, 0.25) is 0 Å². The van der Waals surface area contributed by atoms with Crippen molar-refractivity contribution in [3.63, 3.8) is 0 Å². The lowest BCUT2D eigenvalue weighted by atomic mass is 9.72. The molecule has 1 unspecified atom stereocenters. The lowest BCUT2D eigenvalue weighted by Crippen LogP contribution is -2.36. The Labute approximate surface area is 108 Å². The Morgan fingerprint density at radius 2 is 1.72 bits per heavy atom. The number of rotatable bonds is 3. The second-order valence-electron chi connectivity index (χ2n) is 5.22. The SMILES string of the molecule is NC(c1ccco1)C1(c2ccccc2)CCCC1.